The molecule has 19 heavy (non-hydrogen) atoms. The fourth-order valence-electron chi connectivity index (χ4n) is 2.29. The van der Waals surface area contributed by atoms with Gasteiger partial charge in [0.15, 0.2) is 0 Å². The second kappa shape index (κ2) is 6.00. The molecule has 106 valence electrons. The van der Waals surface area contributed by atoms with Gasteiger partial charge in [0.1, 0.15) is 0 Å². The van der Waals surface area contributed by atoms with Crippen molar-refractivity contribution in [2.24, 2.45) is 5.92 Å². The molecule has 1 saturated heterocycles. The van der Waals surface area contributed by atoms with Gasteiger partial charge >= 0.3 is 0 Å². The van der Waals surface area contributed by atoms with Gasteiger partial charge in [-0.25, -0.2) is 8.42 Å². The van der Waals surface area contributed by atoms with E-state index >= 15 is 0 Å². The molecule has 1 aromatic rings. The summed E-state index contributed by atoms with van der Waals surface area (Å²) >= 11 is 11.8. The molecule has 1 heterocycles. The minimum absolute atomic E-state index is 0.253. The first-order valence-corrected chi connectivity index (χ1v) is 8.68. The Labute approximate surface area is 124 Å². The van der Waals surface area contributed by atoms with Crippen LogP contribution < -0.4 is 0 Å². The lowest BCUT2D eigenvalue weighted by atomic mass is 10.1. The number of nitrogens with zero attached hydrogens (tertiary/aromatic N) is 1. The molecule has 0 N–H and O–H groups in total. The topological polar surface area (TPSA) is 37.4 Å². The molecule has 1 aromatic carbocycles. The third-order valence-electron chi connectivity index (χ3n) is 3.63. The van der Waals surface area contributed by atoms with E-state index in [0.29, 0.717) is 24.0 Å². The maximum Gasteiger partial charge on any atom is 0.243 e. The van der Waals surface area contributed by atoms with E-state index in [1.165, 1.54) is 6.07 Å². The Morgan fingerprint density at radius 1 is 1.42 bits per heavy atom. The highest BCUT2D eigenvalue weighted by molar-refractivity contribution is 7.89. The standard InChI is InChI=1S/C13H17Cl2NO2S/c1-2-10-5-6-16(9-10)19(17,18)12-4-3-11(8-14)13(15)7-12/h3-4,7,10H,2,5-6,8-9H2,1H3. The van der Waals surface area contributed by atoms with Crippen LogP contribution in [0.3, 0.4) is 0 Å². The van der Waals surface area contributed by atoms with Crippen LogP contribution in [-0.2, 0) is 15.9 Å². The molecule has 0 spiro atoms. The molecule has 0 aliphatic carbocycles. The minimum Gasteiger partial charge on any atom is -0.207 e. The number of benzene rings is 1. The Kier molecular flexibility index (Phi) is 4.77. The van der Waals surface area contributed by atoms with Crippen molar-refractivity contribution in [1.82, 2.24) is 4.31 Å². The minimum atomic E-state index is -3.42. The molecular formula is C13H17Cl2NO2S. The molecule has 0 amide bonds. The SMILES string of the molecule is CCC1CCN(S(=O)(=O)c2ccc(CCl)c(Cl)c2)C1. The first-order valence-electron chi connectivity index (χ1n) is 6.33. The highest BCUT2D eigenvalue weighted by atomic mass is 35.5. The van der Waals surface area contributed by atoms with Gasteiger partial charge in [0, 0.05) is 24.0 Å². The van der Waals surface area contributed by atoms with Crippen molar-refractivity contribution in [2.45, 2.75) is 30.5 Å². The Morgan fingerprint density at radius 3 is 2.68 bits per heavy atom. The Morgan fingerprint density at radius 2 is 2.16 bits per heavy atom. The lowest BCUT2D eigenvalue weighted by Crippen LogP contribution is -2.28. The number of hydrogen-bond donors (Lipinski definition) is 0. The third kappa shape index (κ3) is 3.07. The van der Waals surface area contributed by atoms with Crippen molar-refractivity contribution in [3.05, 3.63) is 28.8 Å². The predicted octanol–water partition coefficient (Wildman–Crippen LogP) is 3.50. The van der Waals surface area contributed by atoms with Crippen LogP contribution in [0.2, 0.25) is 5.02 Å². The van der Waals surface area contributed by atoms with Gasteiger partial charge in [-0.2, -0.15) is 4.31 Å². The van der Waals surface area contributed by atoms with Crippen molar-refractivity contribution in [3.8, 4) is 0 Å². The number of halogens is 2. The molecule has 0 radical (unpaired) electrons. The first-order chi connectivity index (χ1) is 8.98. The number of sulfonamides is 1. The van der Waals surface area contributed by atoms with Gasteiger partial charge < -0.3 is 0 Å². The van der Waals surface area contributed by atoms with Crippen molar-refractivity contribution in [3.63, 3.8) is 0 Å². The highest BCUT2D eigenvalue weighted by Gasteiger charge is 2.31. The largest absolute Gasteiger partial charge is 0.243 e. The van der Waals surface area contributed by atoms with Gasteiger partial charge in [-0.05, 0) is 30.0 Å². The third-order valence-corrected chi connectivity index (χ3v) is 6.13. The van der Waals surface area contributed by atoms with Crippen molar-refractivity contribution in [1.29, 1.82) is 0 Å². The van der Waals surface area contributed by atoms with Crippen LogP contribution in [0.4, 0.5) is 0 Å². The second-order valence-electron chi connectivity index (χ2n) is 4.81. The zero-order chi connectivity index (χ0) is 14.0. The average molecular weight is 322 g/mol. The number of hydrogen-bond acceptors (Lipinski definition) is 2. The van der Waals surface area contributed by atoms with E-state index in [1.54, 1.807) is 16.4 Å². The molecule has 1 aliphatic heterocycles. The Balaban J connectivity index is 2.27. The summed E-state index contributed by atoms with van der Waals surface area (Å²) in [7, 11) is -3.42. The lowest BCUT2D eigenvalue weighted by molar-refractivity contribution is 0.453. The summed E-state index contributed by atoms with van der Waals surface area (Å²) in [6.45, 7) is 3.29. The summed E-state index contributed by atoms with van der Waals surface area (Å²) in [4.78, 5) is 0.253. The molecular weight excluding hydrogens is 305 g/mol. The molecule has 3 nitrogen and oxygen atoms in total. The van der Waals surface area contributed by atoms with Gasteiger partial charge in [0.25, 0.3) is 0 Å². The summed E-state index contributed by atoms with van der Waals surface area (Å²) in [5.74, 6) is 0.744. The van der Waals surface area contributed by atoms with Crippen LogP contribution in [0.25, 0.3) is 0 Å². The van der Waals surface area contributed by atoms with E-state index in [-0.39, 0.29) is 10.8 Å². The van der Waals surface area contributed by atoms with Gasteiger partial charge in [0.05, 0.1) is 4.90 Å². The van der Waals surface area contributed by atoms with Crippen LogP contribution in [0.5, 0.6) is 0 Å². The monoisotopic (exact) mass is 321 g/mol. The van der Waals surface area contributed by atoms with Gasteiger partial charge in [-0.1, -0.05) is 31.0 Å². The van der Waals surface area contributed by atoms with Crippen LogP contribution in [0.15, 0.2) is 23.1 Å². The van der Waals surface area contributed by atoms with Gasteiger partial charge in [-0.15, -0.1) is 11.6 Å². The van der Waals surface area contributed by atoms with Crippen LogP contribution >= 0.6 is 23.2 Å². The molecule has 0 saturated carbocycles. The molecule has 0 aromatic heterocycles. The molecule has 0 bridgehead atoms. The maximum atomic E-state index is 12.5. The lowest BCUT2D eigenvalue weighted by Gasteiger charge is -2.17. The van der Waals surface area contributed by atoms with E-state index < -0.39 is 10.0 Å². The van der Waals surface area contributed by atoms with Crippen LogP contribution in [-0.4, -0.2) is 25.8 Å². The smallest absolute Gasteiger partial charge is 0.207 e. The molecule has 1 fully saturated rings. The summed E-state index contributed by atoms with van der Waals surface area (Å²) in [6.07, 6.45) is 1.95. The molecule has 6 heteroatoms. The highest BCUT2D eigenvalue weighted by Crippen LogP contribution is 2.28. The summed E-state index contributed by atoms with van der Waals surface area (Å²) < 4.78 is 26.5. The molecule has 1 atom stereocenters. The van der Waals surface area contributed by atoms with E-state index in [1.807, 2.05) is 0 Å². The normalized spacial score (nSPS) is 20.9. The fraction of sp³-hybridized carbons (Fsp3) is 0.538. The fourth-order valence-corrected chi connectivity index (χ4v) is 4.47. The zero-order valence-electron chi connectivity index (χ0n) is 10.8. The van der Waals surface area contributed by atoms with Crippen molar-refractivity contribution >= 4 is 33.2 Å². The molecule has 2 rings (SSSR count). The Bertz CT molecular complexity index is 560. The molecule has 1 aliphatic rings. The van der Waals surface area contributed by atoms with Crippen LogP contribution in [0.1, 0.15) is 25.3 Å². The van der Waals surface area contributed by atoms with Crippen molar-refractivity contribution in [2.75, 3.05) is 13.1 Å². The average Bonchev–Trinajstić information content (AvgIpc) is 2.88. The first kappa shape index (κ1) is 15.1. The quantitative estimate of drug-likeness (QED) is 0.796. The van der Waals surface area contributed by atoms with E-state index in [4.69, 9.17) is 23.2 Å². The summed E-state index contributed by atoms with van der Waals surface area (Å²) in [5.41, 5.74) is 0.745. The maximum absolute atomic E-state index is 12.5. The summed E-state index contributed by atoms with van der Waals surface area (Å²) in [5, 5.41) is 0.405. The van der Waals surface area contributed by atoms with Gasteiger partial charge in [-0.3, -0.25) is 0 Å². The second-order valence-corrected chi connectivity index (χ2v) is 7.43. The predicted molar refractivity (Wildman–Crippen MR) is 78.2 cm³/mol. The Hall–Kier alpha value is -0.290. The van der Waals surface area contributed by atoms with E-state index in [0.717, 1.165) is 18.4 Å². The van der Waals surface area contributed by atoms with E-state index in [2.05, 4.69) is 6.92 Å². The van der Waals surface area contributed by atoms with Crippen LogP contribution in [0, 0.1) is 5.92 Å². The zero-order valence-corrected chi connectivity index (χ0v) is 13.1. The van der Waals surface area contributed by atoms with Gasteiger partial charge in [0.2, 0.25) is 10.0 Å². The van der Waals surface area contributed by atoms with Crippen molar-refractivity contribution < 1.29 is 8.42 Å². The number of rotatable bonds is 4. The summed E-state index contributed by atoms with van der Waals surface area (Å²) in [6, 6.07) is 4.75. The molecule has 1 unspecified atom stereocenters. The number of alkyl halides is 1. The van der Waals surface area contributed by atoms with E-state index in [9.17, 15) is 8.42 Å².